The van der Waals surface area contributed by atoms with Crippen molar-refractivity contribution in [2.45, 2.75) is 52.9 Å². The molecule has 2 heterocycles. The third-order valence-corrected chi connectivity index (χ3v) is 7.08. The summed E-state index contributed by atoms with van der Waals surface area (Å²) in [5, 5.41) is 0.578. The number of aromatic nitrogens is 2. The molecule has 0 fully saturated rings. The van der Waals surface area contributed by atoms with Gasteiger partial charge in [0.25, 0.3) is 0 Å². The molecule has 0 saturated carbocycles. The monoisotopic (exact) mass is 515 g/mol. The molecule has 1 aromatic heterocycles. The average Bonchev–Trinajstić information content (AvgIpc) is 3.22. The zero-order chi connectivity index (χ0) is 25.6. The van der Waals surface area contributed by atoms with Crippen LogP contribution in [0.5, 0.6) is 11.5 Å². The molecular weight excluding hydrogens is 482 g/mol. The molecular formula is C31H34ClN3O2. The topological polar surface area (TPSA) is 39.5 Å². The predicted molar refractivity (Wildman–Crippen MR) is 149 cm³/mol. The van der Waals surface area contributed by atoms with E-state index in [0.717, 1.165) is 61.1 Å². The van der Waals surface area contributed by atoms with Gasteiger partial charge in [0.2, 0.25) is 0 Å². The van der Waals surface area contributed by atoms with Gasteiger partial charge in [0.05, 0.1) is 5.69 Å². The van der Waals surface area contributed by atoms with E-state index >= 15 is 0 Å². The summed E-state index contributed by atoms with van der Waals surface area (Å²) in [5.41, 5.74) is 5.82. The second kappa shape index (κ2) is 11.8. The van der Waals surface area contributed by atoms with Gasteiger partial charge in [-0.15, -0.1) is 0 Å². The maximum Gasteiger partial charge on any atom is 0.161 e. The summed E-state index contributed by atoms with van der Waals surface area (Å²) in [7, 11) is 0. The second-order valence-electron chi connectivity index (χ2n) is 9.60. The summed E-state index contributed by atoms with van der Waals surface area (Å²) >= 11 is 6.88. The summed E-state index contributed by atoms with van der Waals surface area (Å²) in [5.74, 6) is 2.58. The summed E-state index contributed by atoms with van der Waals surface area (Å²) in [4.78, 5) is 7.31. The maximum absolute atomic E-state index is 6.88. The van der Waals surface area contributed by atoms with Crippen molar-refractivity contribution in [3.8, 4) is 22.9 Å². The van der Waals surface area contributed by atoms with E-state index in [9.17, 15) is 0 Å². The van der Waals surface area contributed by atoms with Gasteiger partial charge in [0.15, 0.2) is 16.7 Å². The average molecular weight is 516 g/mol. The smallest absolute Gasteiger partial charge is 0.161 e. The number of nitrogens with zero attached hydrogens (tertiary/aromatic N) is 3. The lowest BCUT2D eigenvalue weighted by Gasteiger charge is -2.25. The van der Waals surface area contributed by atoms with E-state index < -0.39 is 0 Å². The third-order valence-electron chi connectivity index (χ3n) is 6.78. The number of rotatable bonds is 10. The van der Waals surface area contributed by atoms with Crippen molar-refractivity contribution in [3.63, 3.8) is 0 Å². The zero-order valence-corrected chi connectivity index (χ0v) is 22.4. The Bertz CT molecular complexity index is 1340. The number of halogens is 1. The van der Waals surface area contributed by atoms with Gasteiger partial charge >= 0.3 is 0 Å². The molecule has 0 bridgehead atoms. The first-order valence-electron chi connectivity index (χ1n) is 13.1. The third kappa shape index (κ3) is 6.00. The minimum Gasteiger partial charge on any atom is -0.486 e. The van der Waals surface area contributed by atoms with Gasteiger partial charge in [-0.2, -0.15) is 0 Å². The SMILES string of the molecule is CCCCn1c(-c2ccccc2C)nc(Cl)c1CN(Cc1ccccc1)Cc1ccc2c(c1)OCCO2. The Hall–Kier alpha value is -3.28. The molecule has 37 heavy (non-hydrogen) atoms. The van der Waals surface area contributed by atoms with Crippen molar-refractivity contribution in [2.24, 2.45) is 0 Å². The van der Waals surface area contributed by atoms with Gasteiger partial charge < -0.3 is 14.0 Å². The summed E-state index contributed by atoms with van der Waals surface area (Å²) in [6.07, 6.45) is 2.17. The molecule has 0 unspecified atom stereocenters. The molecule has 0 amide bonds. The normalized spacial score (nSPS) is 12.8. The Kier molecular flexibility index (Phi) is 8.12. The lowest BCUT2D eigenvalue weighted by molar-refractivity contribution is 0.170. The zero-order valence-electron chi connectivity index (χ0n) is 21.6. The van der Waals surface area contributed by atoms with Crippen LogP contribution in [0.15, 0.2) is 72.8 Å². The number of hydrogen-bond donors (Lipinski definition) is 0. The standard InChI is InChI=1S/C31H34ClN3O2/c1-3-4-16-35-27(30(32)33-31(35)26-13-9-8-10-23(26)2)22-34(20-24-11-6-5-7-12-24)21-25-14-15-28-29(19-25)37-18-17-36-28/h5-15,19H,3-4,16-18,20-22H2,1-2H3. The first-order chi connectivity index (χ1) is 18.1. The lowest BCUT2D eigenvalue weighted by Crippen LogP contribution is -2.24. The van der Waals surface area contributed by atoms with Crippen LogP contribution in [-0.4, -0.2) is 27.7 Å². The quantitative estimate of drug-likeness (QED) is 0.222. The van der Waals surface area contributed by atoms with E-state index in [-0.39, 0.29) is 0 Å². The highest BCUT2D eigenvalue weighted by molar-refractivity contribution is 6.30. The highest BCUT2D eigenvalue weighted by Gasteiger charge is 2.21. The van der Waals surface area contributed by atoms with E-state index in [1.54, 1.807) is 0 Å². The van der Waals surface area contributed by atoms with E-state index in [1.165, 1.54) is 16.7 Å². The van der Waals surface area contributed by atoms with Crippen molar-refractivity contribution in [2.75, 3.05) is 13.2 Å². The molecule has 0 spiro atoms. The molecule has 0 aliphatic carbocycles. The van der Waals surface area contributed by atoms with Crippen LogP contribution in [0.2, 0.25) is 5.15 Å². The Morgan fingerprint density at radius 1 is 0.865 bits per heavy atom. The van der Waals surface area contributed by atoms with Gasteiger partial charge in [-0.25, -0.2) is 4.98 Å². The van der Waals surface area contributed by atoms with Crippen LogP contribution in [0.4, 0.5) is 0 Å². The second-order valence-corrected chi connectivity index (χ2v) is 9.96. The summed E-state index contributed by atoms with van der Waals surface area (Å²) in [6, 6.07) is 25.2. The fourth-order valence-corrected chi connectivity index (χ4v) is 5.10. The minimum atomic E-state index is 0.578. The first-order valence-corrected chi connectivity index (χ1v) is 13.5. The van der Waals surface area contributed by atoms with Crippen molar-refractivity contribution >= 4 is 11.6 Å². The number of ether oxygens (including phenoxy) is 2. The summed E-state index contributed by atoms with van der Waals surface area (Å²) < 4.78 is 13.9. The molecule has 3 aromatic carbocycles. The van der Waals surface area contributed by atoms with Gasteiger partial charge in [-0.3, -0.25) is 4.90 Å². The number of hydrogen-bond acceptors (Lipinski definition) is 4. The Labute approximate surface area is 224 Å². The van der Waals surface area contributed by atoms with E-state index in [2.05, 4.69) is 90.0 Å². The molecule has 0 N–H and O–H groups in total. The molecule has 6 heteroatoms. The van der Waals surface area contributed by atoms with Gasteiger partial charge in [0.1, 0.15) is 19.0 Å². The van der Waals surface area contributed by atoms with Crippen molar-refractivity contribution < 1.29 is 9.47 Å². The lowest BCUT2D eigenvalue weighted by atomic mass is 10.1. The summed E-state index contributed by atoms with van der Waals surface area (Å²) in [6.45, 7) is 8.64. The van der Waals surface area contributed by atoms with Crippen LogP contribution in [-0.2, 0) is 26.2 Å². The highest BCUT2D eigenvalue weighted by Crippen LogP contribution is 2.33. The number of unbranched alkanes of at least 4 members (excludes halogenated alkanes) is 1. The van der Waals surface area contributed by atoms with E-state index in [0.29, 0.717) is 24.9 Å². The molecule has 4 aromatic rings. The molecule has 0 saturated heterocycles. The van der Waals surface area contributed by atoms with Crippen LogP contribution >= 0.6 is 11.6 Å². The van der Waals surface area contributed by atoms with Gasteiger partial charge in [0, 0.05) is 31.7 Å². The van der Waals surface area contributed by atoms with Gasteiger partial charge in [-0.1, -0.05) is 85.6 Å². The molecule has 1 aliphatic heterocycles. The maximum atomic E-state index is 6.88. The molecule has 1 aliphatic rings. The van der Waals surface area contributed by atoms with Gasteiger partial charge in [-0.05, 0) is 42.2 Å². The number of aryl methyl sites for hydroxylation is 1. The highest BCUT2D eigenvalue weighted by atomic mass is 35.5. The predicted octanol–water partition coefficient (Wildman–Crippen LogP) is 7.29. The Morgan fingerprint density at radius 3 is 2.38 bits per heavy atom. The van der Waals surface area contributed by atoms with E-state index in [4.69, 9.17) is 26.1 Å². The number of fused-ring (bicyclic) bond motifs is 1. The fourth-order valence-electron chi connectivity index (χ4n) is 4.86. The number of imidazole rings is 1. The molecule has 0 atom stereocenters. The van der Waals surface area contributed by atoms with Crippen molar-refractivity contribution in [1.29, 1.82) is 0 Å². The molecule has 0 radical (unpaired) electrons. The first kappa shape index (κ1) is 25.4. The molecule has 5 nitrogen and oxygen atoms in total. The Morgan fingerprint density at radius 2 is 1.59 bits per heavy atom. The largest absolute Gasteiger partial charge is 0.486 e. The number of benzene rings is 3. The molecule has 192 valence electrons. The van der Waals surface area contributed by atoms with Crippen LogP contribution < -0.4 is 9.47 Å². The van der Waals surface area contributed by atoms with Crippen LogP contribution in [0, 0.1) is 6.92 Å². The fraction of sp³-hybridized carbons (Fsp3) is 0.323. The van der Waals surface area contributed by atoms with Crippen molar-refractivity contribution in [3.05, 3.63) is 100 Å². The van der Waals surface area contributed by atoms with Crippen LogP contribution in [0.3, 0.4) is 0 Å². The van der Waals surface area contributed by atoms with Crippen LogP contribution in [0.1, 0.15) is 42.1 Å². The van der Waals surface area contributed by atoms with Crippen molar-refractivity contribution in [1.82, 2.24) is 14.5 Å². The van der Waals surface area contributed by atoms with E-state index in [1.807, 2.05) is 6.07 Å². The van der Waals surface area contributed by atoms with Crippen LogP contribution in [0.25, 0.3) is 11.4 Å². The Balaban J connectivity index is 1.49. The molecule has 5 rings (SSSR count). The minimum absolute atomic E-state index is 0.578.